The number of rotatable bonds is 2. The van der Waals surface area contributed by atoms with Gasteiger partial charge in [-0.1, -0.05) is 18.2 Å². The Morgan fingerprint density at radius 2 is 2.10 bits per heavy atom. The van der Waals surface area contributed by atoms with Crippen LogP contribution in [-0.4, -0.2) is 25.2 Å². The Labute approximate surface area is 117 Å². The zero-order valence-corrected chi connectivity index (χ0v) is 11.4. The predicted molar refractivity (Wildman–Crippen MR) is 78.2 cm³/mol. The summed E-state index contributed by atoms with van der Waals surface area (Å²) in [6, 6.07) is 11.8. The second kappa shape index (κ2) is 5.28. The Morgan fingerprint density at radius 3 is 2.95 bits per heavy atom. The third-order valence-electron chi connectivity index (χ3n) is 3.34. The monoisotopic (exact) mass is 271 g/mol. The molecule has 0 spiro atoms. The van der Waals surface area contributed by atoms with Gasteiger partial charge in [0.25, 0.3) is 0 Å². The van der Waals surface area contributed by atoms with Crippen molar-refractivity contribution in [3.05, 3.63) is 42.0 Å². The molecule has 5 nitrogen and oxygen atoms in total. The Balaban J connectivity index is 1.91. The molecule has 104 valence electrons. The minimum Gasteiger partial charge on any atom is -0.491 e. The Kier molecular flexibility index (Phi) is 3.33. The number of pyridine rings is 1. The highest BCUT2D eigenvalue weighted by Gasteiger charge is 2.17. The highest BCUT2D eigenvalue weighted by atomic mass is 16.5. The number of hydrogen-bond acceptors (Lipinski definition) is 5. The lowest BCUT2D eigenvalue weighted by molar-refractivity contribution is 0.331. The van der Waals surface area contributed by atoms with Crippen LogP contribution in [0.5, 0.6) is 11.6 Å². The molecule has 0 saturated carbocycles. The van der Waals surface area contributed by atoms with Crippen LogP contribution in [0.1, 0.15) is 5.56 Å². The van der Waals surface area contributed by atoms with Gasteiger partial charge in [-0.2, -0.15) is 4.98 Å². The van der Waals surface area contributed by atoms with Crippen molar-refractivity contribution in [3.8, 4) is 11.6 Å². The van der Waals surface area contributed by atoms with Crippen molar-refractivity contribution in [1.82, 2.24) is 4.98 Å². The number of nitrogens with two attached hydrogens (primary N) is 1. The first-order valence-corrected chi connectivity index (χ1v) is 6.54. The van der Waals surface area contributed by atoms with Crippen LogP contribution >= 0.6 is 0 Å². The molecule has 0 atom stereocenters. The molecule has 20 heavy (non-hydrogen) atoms. The number of ether oxygens (including phenoxy) is 2. The molecule has 0 unspecified atom stereocenters. The number of fused-ring (bicyclic) bond motifs is 1. The van der Waals surface area contributed by atoms with E-state index in [0.717, 1.165) is 30.2 Å². The minimum atomic E-state index is 0.459. The molecule has 1 aliphatic rings. The van der Waals surface area contributed by atoms with E-state index >= 15 is 0 Å². The van der Waals surface area contributed by atoms with E-state index in [2.05, 4.69) is 16.0 Å². The van der Waals surface area contributed by atoms with Crippen molar-refractivity contribution < 1.29 is 9.47 Å². The van der Waals surface area contributed by atoms with Crippen LogP contribution in [0, 0.1) is 0 Å². The fourth-order valence-corrected chi connectivity index (χ4v) is 2.30. The smallest absolute Gasteiger partial charge is 0.238 e. The first-order chi connectivity index (χ1) is 9.78. The third kappa shape index (κ3) is 2.34. The summed E-state index contributed by atoms with van der Waals surface area (Å²) in [6.45, 7) is 2.16. The summed E-state index contributed by atoms with van der Waals surface area (Å²) in [7, 11) is 1.57. The average molecular weight is 271 g/mol. The highest BCUT2D eigenvalue weighted by Crippen LogP contribution is 2.27. The largest absolute Gasteiger partial charge is 0.491 e. The van der Waals surface area contributed by atoms with Crippen LogP contribution in [0.15, 0.2) is 36.4 Å². The molecule has 2 heterocycles. The van der Waals surface area contributed by atoms with E-state index in [4.69, 9.17) is 15.2 Å². The molecule has 3 rings (SSSR count). The van der Waals surface area contributed by atoms with Crippen LogP contribution in [0.2, 0.25) is 0 Å². The summed E-state index contributed by atoms with van der Waals surface area (Å²) in [4.78, 5) is 6.61. The number of anilines is 2. The van der Waals surface area contributed by atoms with Crippen molar-refractivity contribution in [2.24, 2.45) is 0 Å². The fourth-order valence-electron chi connectivity index (χ4n) is 2.30. The van der Waals surface area contributed by atoms with Gasteiger partial charge in [0, 0.05) is 12.1 Å². The Bertz CT molecular complexity index is 616. The van der Waals surface area contributed by atoms with Crippen LogP contribution in [0.25, 0.3) is 0 Å². The van der Waals surface area contributed by atoms with Crippen molar-refractivity contribution in [2.75, 3.05) is 30.9 Å². The highest BCUT2D eigenvalue weighted by molar-refractivity contribution is 5.55. The lowest BCUT2D eigenvalue weighted by Crippen LogP contribution is -2.26. The minimum absolute atomic E-state index is 0.459. The molecule has 0 bridgehead atoms. The van der Waals surface area contributed by atoms with Crippen LogP contribution in [-0.2, 0) is 6.54 Å². The zero-order chi connectivity index (χ0) is 13.9. The van der Waals surface area contributed by atoms with Gasteiger partial charge in [0.2, 0.25) is 5.88 Å². The second-order valence-corrected chi connectivity index (χ2v) is 4.65. The van der Waals surface area contributed by atoms with E-state index in [1.807, 2.05) is 30.3 Å². The van der Waals surface area contributed by atoms with Gasteiger partial charge in [0.15, 0.2) is 0 Å². The van der Waals surface area contributed by atoms with Crippen LogP contribution < -0.4 is 20.1 Å². The second-order valence-electron chi connectivity index (χ2n) is 4.65. The normalized spacial score (nSPS) is 14.2. The summed E-state index contributed by atoms with van der Waals surface area (Å²) in [6.07, 6.45) is 0. The van der Waals surface area contributed by atoms with Gasteiger partial charge in [-0.15, -0.1) is 0 Å². The summed E-state index contributed by atoms with van der Waals surface area (Å²) >= 11 is 0. The van der Waals surface area contributed by atoms with Crippen molar-refractivity contribution in [1.29, 1.82) is 0 Å². The van der Waals surface area contributed by atoms with Crippen molar-refractivity contribution in [2.45, 2.75) is 6.54 Å². The first-order valence-electron chi connectivity index (χ1n) is 6.54. The number of para-hydroxylation sites is 1. The van der Waals surface area contributed by atoms with E-state index in [-0.39, 0.29) is 0 Å². The van der Waals surface area contributed by atoms with Gasteiger partial charge in [0.05, 0.1) is 19.3 Å². The van der Waals surface area contributed by atoms with Crippen molar-refractivity contribution >= 4 is 11.5 Å². The number of aromatic nitrogens is 1. The maximum absolute atomic E-state index is 5.81. The average Bonchev–Trinajstić information content (AvgIpc) is 2.70. The molecule has 0 radical (unpaired) electrons. The molecule has 2 N–H and O–H groups in total. The van der Waals surface area contributed by atoms with Gasteiger partial charge >= 0.3 is 0 Å². The molecular formula is C15H17N3O2. The summed E-state index contributed by atoms with van der Waals surface area (Å²) in [5, 5.41) is 0. The molecule has 0 amide bonds. The van der Waals surface area contributed by atoms with E-state index in [0.29, 0.717) is 18.2 Å². The van der Waals surface area contributed by atoms with E-state index < -0.39 is 0 Å². The molecule has 0 saturated heterocycles. The predicted octanol–water partition coefficient (Wildman–Crippen LogP) is 2.07. The number of hydrogen-bond donors (Lipinski definition) is 1. The molecule has 5 heteroatoms. The molecule has 0 fully saturated rings. The Morgan fingerprint density at radius 1 is 1.25 bits per heavy atom. The number of methoxy groups -OCH3 is 1. The molecule has 1 aromatic heterocycles. The lowest BCUT2D eigenvalue weighted by Gasteiger charge is -2.21. The fraction of sp³-hybridized carbons (Fsp3) is 0.267. The number of nitrogens with zero attached hydrogens (tertiary/aromatic N) is 2. The SMILES string of the molecule is COc1nc(N2CCOc3ccccc3C2)ccc1N. The van der Waals surface area contributed by atoms with Gasteiger partial charge in [0.1, 0.15) is 18.2 Å². The van der Waals surface area contributed by atoms with Crippen LogP contribution in [0.3, 0.4) is 0 Å². The zero-order valence-electron chi connectivity index (χ0n) is 11.4. The van der Waals surface area contributed by atoms with E-state index in [9.17, 15) is 0 Å². The third-order valence-corrected chi connectivity index (χ3v) is 3.34. The molecule has 0 aliphatic carbocycles. The quantitative estimate of drug-likeness (QED) is 0.906. The molecular weight excluding hydrogens is 254 g/mol. The van der Waals surface area contributed by atoms with Gasteiger partial charge in [-0.05, 0) is 18.2 Å². The van der Waals surface area contributed by atoms with E-state index in [1.54, 1.807) is 7.11 Å². The summed E-state index contributed by atoms with van der Waals surface area (Å²) in [5.41, 5.74) is 7.51. The maximum Gasteiger partial charge on any atom is 0.238 e. The van der Waals surface area contributed by atoms with Crippen LogP contribution in [0.4, 0.5) is 11.5 Å². The van der Waals surface area contributed by atoms with E-state index in [1.165, 1.54) is 0 Å². The standard InChI is InChI=1S/C15H17N3O2/c1-19-15-12(16)6-7-14(17-15)18-8-9-20-13-5-3-2-4-11(13)10-18/h2-7H,8-10,16H2,1H3. The number of benzene rings is 1. The summed E-state index contributed by atoms with van der Waals surface area (Å²) < 4.78 is 10.9. The molecule has 1 aromatic carbocycles. The van der Waals surface area contributed by atoms with Gasteiger partial charge in [-0.3, -0.25) is 0 Å². The number of nitrogen functional groups attached to an aromatic ring is 1. The van der Waals surface area contributed by atoms with Gasteiger partial charge < -0.3 is 20.1 Å². The van der Waals surface area contributed by atoms with Crippen molar-refractivity contribution in [3.63, 3.8) is 0 Å². The lowest BCUT2D eigenvalue weighted by atomic mass is 10.2. The Hall–Kier alpha value is -2.43. The topological polar surface area (TPSA) is 60.6 Å². The first kappa shape index (κ1) is 12.6. The summed E-state index contributed by atoms with van der Waals surface area (Å²) in [5.74, 6) is 2.25. The van der Waals surface area contributed by atoms with Gasteiger partial charge in [-0.25, -0.2) is 0 Å². The molecule has 1 aliphatic heterocycles. The maximum atomic E-state index is 5.81. The molecule has 2 aromatic rings.